The Kier molecular flexibility index (Phi) is 3.16. The van der Waals surface area contributed by atoms with E-state index in [4.69, 9.17) is 11.0 Å². The fraction of sp³-hybridized carbons (Fsp3) is 0.143. The van der Waals surface area contributed by atoms with Crippen molar-refractivity contribution in [3.05, 3.63) is 41.1 Å². The second-order valence-electron chi connectivity index (χ2n) is 3.97. The molecule has 0 fully saturated rings. The lowest BCUT2D eigenvalue weighted by Crippen LogP contribution is -2.12. The van der Waals surface area contributed by atoms with E-state index < -0.39 is 5.91 Å². The highest BCUT2D eigenvalue weighted by molar-refractivity contribution is 6.03. The number of aromatic amines is 1. The predicted molar refractivity (Wildman–Crippen MR) is 70.5 cm³/mol. The summed E-state index contributed by atoms with van der Waals surface area (Å²) in [5.41, 5.74) is 8.12. The summed E-state index contributed by atoms with van der Waals surface area (Å²) in [6.07, 6.45) is 4.21. The van der Waals surface area contributed by atoms with Gasteiger partial charge in [0.25, 0.3) is 5.91 Å². The van der Waals surface area contributed by atoms with Crippen LogP contribution in [0.15, 0.2) is 30.0 Å². The van der Waals surface area contributed by atoms with E-state index in [-0.39, 0.29) is 5.57 Å². The van der Waals surface area contributed by atoms with Crippen LogP contribution in [0, 0.1) is 11.3 Å². The van der Waals surface area contributed by atoms with Gasteiger partial charge in [0.1, 0.15) is 11.6 Å². The number of primary amides is 1. The molecule has 0 saturated carbocycles. The summed E-state index contributed by atoms with van der Waals surface area (Å²) in [5.74, 6) is -0.710. The number of nitrogens with two attached hydrogens (primary N) is 1. The molecule has 2 rings (SSSR count). The Morgan fingerprint density at radius 3 is 2.94 bits per heavy atom. The van der Waals surface area contributed by atoms with Crippen LogP contribution in [-0.4, -0.2) is 10.9 Å². The second-order valence-corrected chi connectivity index (χ2v) is 3.97. The van der Waals surface area contributed by atoms with E-state index in [1.807, 2.05) is 18.2 Å². The van der Waals surface area contributed by atoms with Crippen molar-refractivity contribution in [3.8, 4) is 6.07 Å². The molecule has 1 amide bonds. The van der Waals surface area contributed by atoms with Crippen LogP contribution in [-0.2, 0) is 11.2 Å². The van der Waals surface area contributed by atoms with E-state index >= 15 is 0 Å². The third kappa shape index (κ3) is 1.98. The summed E-state index contributed by atoms with van der Waals surface area (Å²) in [7, 11) is 0. The van der Waals surface area contributed by atoms with Crippen molar-refractivity contribution in [2.24, 2.45) is 5.73 Å². The lowest BCUT2D eigenvalue weighted by Gasteiger charge is -1.99. The molecule has 2 aromatic rings. The van der Waals surface area contributed by atoms with E-state index in [2.05, 4.69) is 11.9 Å². The number of amides is 1. The van der Waals surface area contributed by atoms with Crippen LogP contribution < -0.4 is 5.73 Å². The molecule has 4 nitrogen and oxygen atoms in total. The number of hydrogen-bond acceptors (Lipinski definition) is 2. The summed E-state index contributed by atoms with van der Waals surface area (Å²) in [5, 5.41) is 9.83. The molecular weight excluding hydrogens is 226 g/mol. The number of fused-ring (bicyclic) bond motifs is 1. The van der Waals surface area contributed by atoms with Gasteiger partial charge in [-0.15, -0.1) is 0 Å². The molecule has 0 aliphatic heterocycles. The topological polar surface area (TPSA) is 82.7 Å². The van der Waals surface area contributed by atoms with Crippen molar-refractivity contribution >= 4 is 22.9 Å². The van der Waals surface area contributed by atoms with E-state index in [1.165, 1.54) is 11.6 Å². The zero-order chi connectivity index (χ0) is 13.1. The number of carbonyl (C=O) groups excluding carboxylic acids is 1. The van der Waals surface area contributed by atoms with Gasteiger partial charge in [-0.2, -0.15) is 5.26 Å². The van der Waals surface area contributed by atoms with Crippen LogP contribution in [0.2, 0.25) is 0 Å². The number of aromatic nitrogens is 1. The van der Waals surface area contributed by atoms with Crippen LogP contribution in [0.25, 0.3) is 17.0 Å². The van der Waals surface area contributed by atoms with Crippen molar-refractivity contribution in [2.75, 3.05) is 0 Å². The second kappa shape index (κ2) is 4.76. The smallest absolute Gasteiger partial charge is 0.259 e. The molecule has 0 aliphatic carbocycles. The minimum absolute atomic E-state index is 0.0437. The minimum atomic E-state index is -0.710. The third-order valence-corrected chi connectivity index (χ3v) is 2.90. The SMILES string of the molecule is CCc1cccc2c(C=C(C#N)C(N)=O)c[nH]c12. The fourth-order valence-corrected chi connectivity index (χ4v) is 1.97. The van der Waals surface area contributed by atoms with Crippen LogP contribution in [0.3, 0.4) is 0 Å². The number of hydrogen-bond donors (Lipinski definition) is 2. The molecular formula is C14H13N3O. The van der Waals surface area contributed by atoms with Gasteiger partial charge in [0.2, 0.25) is 0 Å². The van der Waals surface area contributed by atoms with Gasteiger partial charge in [0, 0.05) is 22.7 Å². The summed E-state index contributed by atoms with van der Waals surface area (Å²) in [4.78, 5) is 14.2. The number of nitrogens with zero attached hydrogens (tertiary/aromatic N) is 1. The highest BCUT2D eigenvalue weighted by Crippen LogP contribution is 2.23. The predicted octanol–water partition coefficient (Wildman–Crippen LogP) is 2.12. The van der Waals surface area contributed by atoms with Crippen molar-refractivity contribution in [1.29, 1.82) is 5.26 Å². The first kappa shape index (κ1) is 11.9. The van der Waals surface area contributed by atoms with Gasteiger partial charge in [-0.3, -0.25) is 4.79 Å². The zero-order valence-electron chi connectivity index (χ0n) is 10.0. The number of nitriles is 1. The Bertz CT molecular complexity index is 674. The lowest BCUT2D eigenvalue weighted by atomic mass is 10.1. The highest BCUT2D eigenvalue weighted by Gasteiger charge is 2.08. The van der Waals surface area contributed by atoms with Gasteiger partial charge in [0.05, 0.1) is 0 Å². The maximum absolute atomic E-state index is 11.0. The Hall–Kier alpha value is -2.54. The number of rotatable bonds is 3. The van der Waals surface area contributed by atoms with E-state index in [1.54, 1.807) is 12.3 Å². The molecule has 0 unspecified atom stereocenters. The van der Waals surface area contributed by atoms with Crippen LogP contribution in [0.5, 0.6) is 0 Å². The third-order valence-electron chi connectivity index (χ3n) is 2.90. The van der Waals surface area contributed by atoms with Gasteiger partial charge in [-0.05, 0) is 18.1 Å². The molecule has 18 heavy (non-hydrogen) atoms. The number of benzene rings is 1. The maximum Gasteiger partial charge on any atom is 0.259 e. The fourth-order valence-electron chi connectivity index (χ4n) is 1.97. The molecule has 3 N–H and O–H groups in total. The molecule has 1 aromatic carbocycles. The van der Waals surface area contributed by atoms with Gasteiger partial charge < -0.3 is 10.7 Å². The van der Waals surface area contributed by atoms with Crippen molar-refractivity contribution in [2.45, 2.75) is 13.3 Å². The number of aryl methyl sites for hydroxylation is 1. The number of carbonyl (C=O) groups is 1. The minimum Gasteiger partial charge on any atom is -0.365 e. The molecule has 0 radical (unpaired) electrons. The maximum atomic E-state index is 11.0. The molecule has 0 bridgehead atoms. The van der Waals surface area contributed by atoms with E-state index in [9.17, 15) is 4.79 Å². The molecule has 1 aromatic heterocycles. The number of para-hydroxylation sites is 1. The molecule has 1 heterocycles. The first-order valence-electron chi connectivity index (χ1n) is 5.68. The van der Waals surface area contributed by atoms with Gasteiger partial charge in [-0.1, -0.05) is 25.1 Å². The normalized spacial score (nSPS) is 11.4. The van der Waals surface area contributed by atoms with Crippen LogP contribution in [0.1, 0.15) is 18.1 Å². The summed E-state index contributed by atoms with van der Waals surface area (Å²) in [6.45, 7) is 2.08. The Balaban J connectivity index is 2.61. The molecule has 90 valence electrons. The number of nitrogens with one attached hydrogen (secondary N) is 1. The van der Waals surface area contributed by atoms with Crippen LogP contribution in [0.4, 0.5) is 0 Å². The standard InChI is InChI=1S/C14H13N3O/c1-2-9-4-3-5-12-11(8-17-13(9)12)6-10(7-15)14(16)18/h3-6,8,17H,2H2,1H3,(H2,16,18). The van der Waals surface area contributed by atoms with E-state index in [0.29, 0.717) is 0 Å². The molecule has 0 atom stereocenters. The Morgan fingerprint density at radius 1 is 1.56 bits per heavy atom. The summed E-state index contributed by atoms with van der Waals surface area (Å²) < 4.78 is 0. The lowest BCUT2D eigenvalue weighted by molar-refractivity contribution is -0.114. The zero-order valence-corrected chi connectivity index (χ0v) is 10.0. The molecule has 0 spiro atoms. The van der Waals surface area contributed by atoms with Gasteiger partial charge in [-0.25, -0.2) is 0 Å². The first-order chi connectivity index (χ1) is 8.67. The van der Waals surface area contributed by atoms with Crippen molar-refractivity contribution in [3.63, 3.8) is 0 Å². The number of H-pyrrole nitrogens is 1. The first-order valence-corrected chi connectivity index (χ1v) is 5.68. The largest absolute Gasteiger partial charge is 0.365 e. The van der Waals surface area contributed by atoms with Gasteiger partial charge in [0.15, 0.2) is 0 Å². The molecule has 4 heteroatoms. The Labute approximate surface area is 105 Å². The monoisotopic (exact) mass is 239 g/mol. The average molecular weight is 239 g/mol. The summed E-state index contributed by atoms with van der Waals surface area (Å²) in [6, 6.07) is 7.77. The molecule has 0 aliphatic rings. The van der Waals surface area contributed by atoms with Crippen molar-refractivity contribution < 1.29 is 4.79 Å². The Morgan fingerprint density at radius 2 is 2.33 bits per heavy atom. The quantitative estimate of drug-likeness (QED) is 0.635. The molecule has 0 saturated heterocycles. The van der Waals surface area contributed by atoms with Crippen LogP contribution >= 0.6 is 0 Å². The highest BCUT2D eigenvalue weighted by atomic mass is 16.1. The summed E-state index contributed by atoms with van der Waals surface area (Å²) >= 11 is 0. The average Bonchev–Trinajstić information content (AvgIpc) is 2.78. The van der Waals surface area contributed by atoms with E-state index in [0.717, 1.165) is 22.9 Å². The van der Waals surface area contributed by atoms with Crippen molar-refractivity contribution in [1.82, 2.24) is 4.98 Å². The van der Waals surface area contributed by atoms with Gasteiger partial charge >= 0.3 is 0 Å².